The number of carboxylic acids is 1. The lowest BCUT2D eigenvalue weighted by Gasteiger charge is -2.27. The van der Waals surface area contributed by atoms with E-state index in [0.29, 0.717) is 26.2 Å². The fourth-order valence-corrected chi connectivity index (χ4v) is 1.86. The van der Waals surface area contributed by atoms with E-state index >= 15 is 0 Å². The molecule has 1 heterocycles. The van der Waals surface area contributed by atoms with Gasteiger partial charge in [0.25, 0.3) is 0 Å². The van der Waals surface area contributed by atoms with Crippen molar-refractivity contribution in [3.63, 3.8) is 0 Å². The second kappa shape index (κ2) is 5.19. The van der Waals surface area contributed by atoms with Gasteiger partial charge in [0.1, 0.15) is 0 Å². The van der Waals surface area contributed by atoms with Gasteiger partial charge in [0.2, 0.25) is 0 Å². The molecule has 0 bridgehead atoms. The zero-order chi connectivity index (χ0) is 9.68. The van der Waals surface area contributed by atoms with Crippen LogP contribution in [0.25, 0.3) is 0 Å². The van der Waals surface area contributed by atoms with E-state index < -0.39 is 5.97 Å². The predicted octanol–water partition coefficient (Wildman–Crippen LogP) is 0.463. The minimum atomic E-state index is -0.711. The topological polar surface area (TPSA) is 72.6 Å². The van der Waals surface area contributed by atoms with Gasteiger partial charge in [-0.3, -0.25) is 4.79 Å². The van der Waals surface area contributed by atoms with Gasteiger partial charge in [-0.05, 0) is 31.7 Å². The first-order chi connectivity index (χ1) is 6.25. The van der Waals surface area contributed by atoms with Gasteiger partial charge >= 0.3 is 5.97 Å². The molecule has 0 radical (unpaired) electrons. The molecule has 1 rings (SSSR count). The maximum atomic E-state index is 10.9. The lowest BCUT2D eigenvalue weighted by Crippen LogP contribution is -2.30. The zero-order valence-corrected chi connectivity index (χ0v) is 7.74. The summed E-state index contributed by atoms with van der Waals surface area (Å²) in [5, 5.41) is 8.96. The first-order valence-corrected chi connectivity index (χ1v) is 4.76. The molecule has 0 aliphatic carbocycles. The quantitative estimate of drug-likeness (QED) is 0.670. The molecule has 1 atom stereocenters. The van der Waals surface area contributed by atoms with Gasteiger partial charge in [0.05, 0.1) is 5.92 Å². The van der Waals surface area contributed by atoms with E-state index in [1.54, 1.807) is 0 Å². The molecule has 1 fully saturated rings. The Morgan fingerprint density at radius 2 is 2.15 bits per heavy atom. The third-order valence-corrected chi connectivity index (χ3v) is 2.63. The van der Waals surface area contributed by atoms with Crippen LogP contribution in [0.1, 0.15) is 19.3 Å². The molecule has 0 aromatic carbocycles. The number of nitrogens with two attached hydrogens (primary N) is 1. The Bertz CT molecular complexity index is 166. The van der Waals surface area contributed by atoms with Crippen LogP contribution in [0.5, 0.6) is 0 Å². The fourth-order valence-electron chi connectivity index (χ4n) is 1.86. The molecule has 4 heteroatoms. The number of hydrogen-bond donors (Lipinski definition) is 2. The van der Waals surface area contributed by atoms with Gasteiger partial charge in [-0.1, -0.05) is 0 Å². The predicted molar refractivity (Wildman–Crippen MR) is 48.3 cm³/mol. The summed E-state index contributed by atoms with van der Waals surface area (Å²) in [6.07, 6.45) is 2.30. The highest BCUT2D eigenvalue weighted by atomic mass is 16.5. The second-order valence-electron chi connectivity index (χ2n) is 3.47. The standard InChI is InChI=1S/C9H17NO3/c10-4-1-8(9(11)12)7-2-5-13-6-3-7/h7-8H,1-6,10H2,(H,11,12). The van der Waals surface area contributed by atoms with Gasteiger partial charge in [0.15, 0.2) is 0 Å². The first kappa shape index (κ1) is 10.5. The normalized spacial score (nSPS) is 21.3. The van der Waals surface area contributed by atoms with Crippen LogP contribution in [0.4, 0.5) is 0 Å². The van der Waals surface area contributed by atoms with Gasteiger partial charge in [0, 0.05) is 13.2 Å². The van der Waals surface area contributed by atoms with Gasteiger partial charge in [-0.15, -0.1) is 0 Å². The van der Waals surface area contributed by atoms with Crippen LogP contribution in [0, 0.1) is 11.8 Å². The minimum absolute atomic E-state index is 0.259. The van der Waals surface area contributed by atoms with Crippen LogP contribution in [0.2, 0.25) is 0 Å². The number of hydrogen-bond acceptors (Lipinski definition) is 3. The van der Waals surface area contributed by atoms with Crippen LogP contribution >= 0.6 is 0 Å². The average Bonchev–Trinajstić information content (AvgIpc) is 2.15. The molecule has 3 N–H and O–H groups in total. The third-order valence-electron chi connectivity index (χ3n) is 2.63. The number of ether oxygens (including phenoxy) is 1. The molecule has 4 nitrogen and oxygen atoms in total. The van der Waals surface area contributed by atoms with E-state index in [2.05, 4.69) is 0 Å². The Morgan fingerprint density at radius 1 is 1.54 bits per heavy atom. The highest BCUT2D eigenvalue weighted by molar-refractivity contribution is 5.70. The fraction of sp³-hybridized carbons (Fsp3) is 0.889. The van der Waals surface area contributed by atoms with E-state index in [0.717, 1.165) is 12.8 Å². The monoisotopic (exact) mass is 187 g/mol. The molecule has 0 aromatic rings. The van der Waals surface area contributed by atoms with Crippen molar-refractivity contribution in [3.05, 3.63) is 0 Å². The molecule has 76 valence electrons. The number of carboxylic acid groups (broad SMARTS) is 1. The summed E-state index contributed by atoms with van der Waals surface area (Å²) >= 11 is 0. The van der Waals surface area contributed by atoms with Crippen molar-refractivity contribution in [1.29, 1.82) is 0 Å². The Balaban J connectivity index is 2.46. The maximum Gasteiger partial charge on any atom is 0.306 e. The SMILES string of the molecule is NCCC(C(=O)O)C1CCOCC1. The average molecular weight is 187 g/mol. The molecule has 13 heavy (non-hydrogen) atoms. The number of carbonyl (C=O) groups is 1. The molecule has 0 amide bonds. The lowest BCUT2D eigenvalue weighted by atomic mass is 9.84. The van der Waals surface area contributed by atoms with Gasteiger partial charge < -0.3 is 15.6 Å². The van der Waals surface area contributed by atoms with Crippen molar-refractivity contribution in [1.82, 2.24) is 0 Å². The summed E-state index contributed by atoms with van der Waals surface area (Å²) in [7, 11) is 0. The molecule has 1 unspecified atom stereocenters. The van der Waals surface area contributed by atoms with Crippen LogP contribution in [0.3, 0.4) is 0 Å². The van der Waals surface area contributed by atoms with Crippen molar-refractivity contribution in [2.45, 2.75) is 19.3 Å². The van der Waals surface area contributed by atoms with Crippen LogP contribution in [-0.4, -0.2) is 30.8 Å². The van der Waals surface area contributed by atoms with Crippen molar-refractivity contribution in [2.24, 2.45) is 17.6 Å². The van der Waals surface area contributed by atoms with Gasteiger partial charge in [-0.25, -0.2) is 0 Å². The highest BCUT2D eigenvalue weighted by Gasteiger charge is 2.28. The molecule has 1 saturated heterocycles. The lowest BCUT2D eigenvalue weighted by molar-refractivity contribution is -0.145. The Labute approximate surface area is 78.1 Å². The van der Waals surface area contributed by atoms with E-state index in [1.165, 1.54) is 0 Å². The Hall–Kier alpha value is -0.610. The molecule has 1 aliphatic heterocycles. The summed E-state index contributed by atoms with van der Waals surface area (Å²) in [4.78, 5) is 10.9. The minimum Gasteiger partial charge on any atom is -0.481 e. The second-order valence-corrected chi connectivity index (χ2v) is 3.47. The molecule has 0 spiro atoms. The summed E-state index contributed by atoms with van der Waals surface area (Å²) in [6.45, 7) is 1.84. The van der Waals surface area contributed by atoms with Crippen molar-refractivity contribution in [2.75, 3.05) is 19.8 Å². The summed E-state index contributed by atoms with van der Waals surface area (Å²) in [5.41, 5.74) is 5.38. The third kappa shape index (κ3) is 2.97. The van der Waals surface area contributed by atoms with Gasteiger partial charge in [-0.2, -0.15) is 0 Å². The maximum absolute atomic E-state index is 10.9. The summed E-state index contributed by atoms with van der Waals surface area (Å²) in [5.74, 6) is -0.721. The summed E-state index contributed by atoms with van der Waals surface area (Å²) < 4.78 is 5.18. The van der Waals surface area contributed by atoms with E-state index in [1.807, 2.05) is 0 Å². The van der Waals surface area contributed by atoms with Crippen molar-refractivity contribution >= 4 is 5.97 Å². The van der Waals surface area contributed by atoms with Crippen LogP contribution in [-0.2, 0) is 9.53 Å². The Kier molecular flexibility index (Phi) is 4.18. The highest BCUT2D eigenvalue weighted by Crippen LogP contribution is 2.26. The largest absolute Gasteiger partial charge is 0.481 e. The zero-order valence-electron chi connectivity index (χ0n) is 7.74. The molecule has 1 aliphatic rings. The molecular weight excluding hydrogens is 170 g/mol. The Morgan fingerprint density at radius 3 is 2.62 bits per heavy atom. The van der Waals surface area contributed by atoms with E-state index in [9.17, 15) is 4.79 Å². The van der Waals surface area contributed by atoms with E-state index in [-0.39, 0.29) is 11.8 Å². The van der Waals surface area contributed by atoms with Crippen LogP contribution < -0.4 is 5.73 Å². The van der Waals surface area contributed by atoms with E-state index in [4.69, 9.17) is 15.6 Å². The number of aliphatic carboxylic acids is 1. The summed E-state index contributed by atoms with van der Waals surface area (Å²) in [6, 6.07) is 0. The molecular formula is C9H17NO3. The first-order valence-electron chi connectivity index (χ1n) is 4.76. The van der Waals surface area contributed by atoms with Crippen molar-refractivity contribution < 1.29 is 14.6 Å². The van der Waals surface area contributed by atoms with Crippen LogP contribution in [0.15, 0.2) is 0 Å². The smallest absolute Gasteiger partial charge is 0.306 e. The van der Waals surface area contributed by atoms with Crippen molar-refractivity contribution in [3.8, 4) is 0 Å². The molecule has 0 saturated carbocycles. The molecule has 0 aromatic heterocycles. The number of rotatable bonds is 4.